The summed E-state index contributed by atoms with van der Waals surface area (Å²) in [5.74, 6) is -1.23. The minimum absolute atomic E-state index is 0.0193. The van der Waals surface area contributed by atoms with Gasteiger partial charge in [0.05, 0.1) is 10.5 Å². The Bertz CT molecular complexity index is 620. The molecule has 1 N–H and O–H groups in total. The van der Waals surface area contributed by atoms with Crippen molar-refractivity contribution < 1.29 is 19.2 Å². The molecule has 8 nitrogen and oxygen atoms in total. The lowest BCUT2D eigenvalue weighted by atomic mass is 10.1. The van der Waals surface area contributed by atoms with Crippen molar-refractivity contribution >= 4 is 23.3 Å². The summed E-state index contributed by atoms with van der Waals surface area (Å²) >= 11 is 0. The zero-order valence-corrected chi connectivity index (χ0v) is 13.9. The molecule has 0 spiro atoms. The van der Waals surface area contributed by atoms with Gasteiger partial charge in [0, 0.05) is 25.7 Å². The maximum absolute atomic E-state index is 11.9. The van der Waals surface area contributed by atoms with Gasteiger partial charge in [-0.05, 0) is 32.9 Å². The summed E-state index contributed by atoms with van der Waals surface area (Å²) in [6.45, 7) is 4.96. The summed E-state index contributed by atoms with van der Waals surface area (Å²) in [4.78, 5) is 35.6. The van der Waals surface area contributed by atoms with Gasteiger partial charge in [-0.15, -0.1) is 0 Å². The van der Waals surface area contributed by atoms with E-state index in [1.54, 1.807) is 39.8 Å². The maximum Gasteiger partial charge on any atom is 0.338 e. The van der Waals surface area contributed by atoms with Gasteiger partial charge in [-0.1, -0.05) is 0 Å². The normalized spacial score (nSPS) is 10.8. The quantitative estimate of drug-likeness (QED) is 0.503. The molecular formula is C15H21N3O5. The third kappa shape index (κ3) is 5.57. The average Bonchev–Trinajstić information content (AvgIpc) is 2.42. The maximum atomic E-state index is 11.9. The fourth-order valence-corrected chi connectivity index (χ4v) is 1.84. The van der Waals surface area contributed by atoms with E-state index in [0.717, 1.165) is 6.07 Å². The number of esters is 1. The molecule has 0 saturated carbocycles. The molecule has 0 atom stereocenters. The molecule has 0 unspecified atom stereocenters. The van der Waals surface area contributed by atoms with Gasteiger partial charge in [0.15, 0.2) is 6.61 Å². The van der Waals surface area contributed by atoms with Crippen LogP contribution < -0.4 is 10.2 Å². The SMILES string of the molecule is CN(C)c1ccc(C(=O)OCC(=O)NC(C)(C)C)cc1[N+](=O)[O-]. The van der Waals surface area contributed by atoms with Crippen LogP contribution in [0.4, 0.5) is 11.4 Å². The molecule has 0 radical (unpaired) electrons. The van der Waals surface area contributed by atoms with Crippen molar-refractivity contribution in [3.63, 3.8) is 0 Å². The van der Waals surface area contributed by atoms with Crippen molar-refractivity contribution in [2.75, 3.05) is 25.6 Å². The third-order valence-electron chi connectivity index (χ3n) is 2.74. The van der Waals surface area contributed by atoms with Crippen LogP contribution in [0.5, 0.6) is 0 Å². The summed E-state index contributed by atoms with van der Waals surface area (Å²) in [5.41, 5.74) is -0.248. The first-order valence-electron chi connectivity index (χ1n) is 6.95. The summed E-state index contributed by atoms with van der Waals surface area (Å²) in [6.07, 6.45) is 0. The summed E-state index contributed by atoms with van der Waals surface area (Å²) in [7, 11) is 3.33. The third-order valence-corrected chi connectivity index (χ3v) is 2.74. The average molecular weight is 323 g/mol. The molecule has 126 valence electrons. The van der Waals surface area contributed by atoms with E-state index in [1.165, 1.54) is 12.1 Å². The van der Waals surface area contributed by atoms with E-state index in [-0.39, 0.29) is 11.3 Å². The lowest BCUT2D eigenvalue weighted by molar-refractivity contribution is -0.384. The highest BCUT2D eigenvalue weighted by Gasteiger charge is 2.20. The largest absolute Gasteiger partial charge is 0.452 e. The number of carbonyl (C=O) groups excluding carboxylic acids is 2. The van der Waals surface area contributed by atoms with Gasteiger partial charge >= 0.3 is 5.97 Å². The van der Waals surface area contributed by atoms with E-state index in [2.05, 4.69) is 5.32 Å². The molecule has 0 aliphatic carbocycles. The number of nitrogens with zero attached hydrogens (tertiary/aromatic N) is 2. The second-order valence-electron chi connectivity index (χ2n) is 6.23. The standard InChI is InChI=1S/C15H21N3O5/c1-15(2,3)16-13(19)9-23-14(20)10-6-7-11(17(4)5)12(8-10)18(21)22/h6-8H,9H2,1-5H3,(H,16,19). The Kier molecular flexibility index (Phi) is 5.67. The molecule has 0 aliphatic heterocycles. The van der Waals surface area contributed by atoms with E-state index < -0.39 is 28.9 Å². The number of nitro benzene ring substituents is 1. The Morgan fingerprint density at radius 3 is 2.39 bits per heavy atom. The molecule has 1 amide bonds. The first kappa shape index (κ1) is 18.4. The molecule has 0 aromatic heterocycles. The van der Waals surface area contributed by atoms with Crippen molar-refractivity contribution in [3.8, 4) is 0 Å². The van der Waals surface area contributed by atoms with Crippen LogP contribution in [0.2, 0.25) is 0 Å². The van der Waals surface area contributed by atoms with E-state index in [9.17, 15) is 19.7 Å². The molecule has 0 aliphatic rings. The smallest absolute Gasteiger partial charge is 0.338 e. The number of hydrogen-bond acceptors (Lipinski definition) is 6. The molecule has 0 bridgehead atoms. The van der Waals surface area contributed by atoms with Gasteiger partial charge in [-0.25, -0.2) is 4.79 Å². The highest BCUT2D eigenvalue weighted by molar-refractivity contribution is 5.93. The van der Waals surface area contributed by atoms with Crippen molar-refractivity contribution in [2.24, 2.45) is 0 Å². The zero-order valence-electron chi connectivity index (χ0n) is 13.9. The van der Waals surface area contributed by atoms with Crippen LogP contribution in [0, 0.1) is 10.1 Å². The molecule has 1 rings (SSSR count). The number of amides is 1. The number of carbonyl (C=O) groups is 2. The Hall–Kier alpha value is -2.64. The number of hydrogen-bond donors (Lipinski definition) is 1. The lowest BCUT2D eigenvalue weighted by Gasteiger charge is -2.20. The fraction of sp³-hybridized carbons (Fsp3) is 0.467. The van der Waals surface area contributed by atoms with Crippen LogP contribution in [0.15, 0.2) is 18.2 Å². The van der Waals surface area contributed by atoms with Gasteiger partial charge in [-0.3, -0.25) is 14.9 Å². The highest BCUT2D eigenvalue weighted by Crippen LogP contribution is 2.27. The van der Waals surface area contributed by atoms with Gasteiger partial charge < -0.3 is 15.0 Å². The molecule has 8 heteroatoms. The van der Waals surface area contributed by atoms with Crippen molar-refractivity contribution in [1.29, 1.82) is 0 Å². The number of ether oxygens (including phenoxy) is 1. The first-order chi connectivity index (χ1) is 10.5. The predicted octanol–water partition coefficient (Wildman–Crippen LogP) is 1.73. The number of anilines is 1. The minimum atomic E-state index is -0.789. The van der Waals surface area contributed by atoms with Crippen molar-refractivity contribution in [1.82, 2.24) is 5.32 Å². The monoisotopic (exact) mass is 323 g/mol. The molecule has 23 heavy (non-hydrogen) atoms. The number of nitro groups is 1. The Morgan fingerprint density at radius 1 is 1.30 bits per heavy atom. The van der Waals surface area contributed by atoms with Crippen LogP contribution in [-0.2, 0) is 9.53 Å². The zero-order chi connectivity index (χ0) is 17.8. The molecule has 1 aromatic carbocycles. The summed E-state index contributed by atoms with van der Waals surface area (Å²) in [5, 5.41) is 13.7. The first-order valence-corrected chi connectivity index (χ1v) is 6.95. The summed E-state index contributed by atoms with van der Waals surface area (Å²) < 4.78 is 4.88. The Morgan fingerprint density at radius 2 is 1.91 bits per heavy atom. The highest BCUT2D eigenvalue weighted by atomic mass is 16.6. The topological polar surface area (TPSA) is 102 Å². The van der Waals surface area contributed by atoms with Crippen LogP contribution in [0.25, 0.3) is 0 Å². The van der Waals surface area contributed by atoms with Gasteiger partial charge in [0.1, 0.15) is 5.69 Å². The Balaban J connectivity index is 2.83. The van der Waals surface area contributed by atoms with E-state index >= 15 is 0 Å². The summed E-state index contributed by atoms with van der Waals surface area (Å²) in [6, 6.07) is 4.02. The van der Waals surface area contributed by atoms with Crippen molar-refractivity contribution in [3.05, 3.63) is 33.9 Å². The molecule has 0 saturated heterocycles. The minimum Gasteiger partial charge on any atom is -0.452 e. The van der Waals surface area contributed by atoms with Crippen LogP contribution in [-0.4, -0.2) is 43.0 Å². The lowest BCUT2D eigenvalue weighted by Crippen LogP contribution is -2.42. The van der Waals surface area contributed by atoms with Crippen LogP contribution >= 0.6 is 0 Å². The van der Waals surface area contributed by atoms with Crippen molar-refractivity contribution in [2.45, 2.75) is 26.3 Å². The Labute approximate surface area is 134 Å². The molecule has 0 heterocycles. The number of rotatable bonds is 5. The second kappa shape index (κ2) is 7.08. The second-order valence-corrected chi connectivity index (χ2v) is 6.23. The fourth-order valence-electron chi connectivity index (χ4n) is 1.84. The molecular weight excluding hydrogens is 302 g/mol. The van der Waals surface area contributed by atoms with Crippen LogP contribution in [0.3, 0.4) is 0 Å². The van der Waals surface area contributed by atoms with Crippen LogP contribution in [0.1, 0.15) is 31.1 Å². The molecule has 0 fully saturated rings. The van der Waals surface area contributed by atoms with E-state index in [4.69, 9.17) is 4.74 Å². The van der Waals surface area contributed by atoms with Gasteiger partial charge in [-0.2, -0.15) is 0 Å². The molecule has 1 aromatic rings. The van der Waals surface area contributed by atoms with E-state index in [1.807, 2.05) is 0 Å². The van der Waals surface area contributed by atoms with Gasteiger partial charge in [0.25, 0.3) is 11.6 Å². The number of nitrogens with one attached hydrogen (secondary N) is 1. The number of benzene rings is 1. The predicted molar refractivity (Wildman–Crippen MR) is 85.6 cm³/mol. The van der Waals surface area contributed by atoms with Gasteiger partial charge in [0.2, 0.25) is 0 Å². The van der Waals surface area contributed by atoms with E-state index in [0.29, 0.717) is 5.69 Å².